The Kier molecular flexibility index (Phi) is 5.69. The Morgan fingerprint density at radius 3 is 2.53 bits per heavy atom. The zero-order valence-electron chi connectivity index (χ0n) is 10.2. The molecule has 1 aliphatic rings. The van der Waals surface area contributed by atoms with Crippen molar-refractivity contribution in [2.24, 2.45) is 0 Å². The van der Waals surface area contributed by atoms with E-state index in [1.54, 1.807) is 0 Å². The molecule has 0 saturated carbocycles. The van der Waals surface area contributed by atoms with Crippen molar-refractivity contribution >= 4 is 11.9 Å². The molecule has 0 aromatic carbocycles. The topological polar surface area (TPSA) is 69.6 Å². The second-order valence-corrected chi connectivity index (χ2v) is 4.36. The van der Waals surface area contributed by atoms with Crippen molar-refractivity contribution in [2.75, 3.05) is 19.6 Å². The molecule has 2 N–H and O–H groups in total. The number of nitrogens with zero attached hydrogens (tertiary/aromatic N) is 1. The van der Waals surface area contributed by atoms with Crippen LogP contribution in [-0.4, -0.2) is 47.6 Å². The standard InChI is InChI=1S/C12H20N2O3/c1-10(14-7-3-2-4-8-14)9-13-11(15)5-6-12(16)17/h5-6,10H,2-4,7-9H2,1H3,(H,13,15)(H,16,17)/b6-5+. The molecule has 1 saturated heterocycles. The quantitative estimate of drug-likeness (QED) is 0.691. The second kappa shape index (κ2) is 7.06. The van der Waals surface area contributed by atoms with Gasteiger partial charge in [0.25, 0.3) is 0 Å². The third kappa shape index (κ3) is 5.49. The van der Waals surface area contributed by atoms with Crippen LogP contribution < -0.4 is 5.32 Å². The summed E-state index contributed by atoms with van der Waals surface area (Å²) in [5.74, 6) is -1.46. The van der Waals surface area contributed by atoms with Gasteiger partial charge in [0, 0.05) is 24.7 Å². The van der Waals surface area contributed by atoms with Crippen LogP contribution in [0.1, 0.15) is 26.2 Å². The van der Waals surface area contributed by atoms with Crippen LogP contribution in [0.4, 0.5) is 0 Å². The fourth-order valence-corrected chi connectivity index (χ4v) is 1.94. The highest BCUT2D eigenvalue weighted by molar-refractivity contribution is 5.93. The molecule has 1 unspecified atom stereocenters. The SMILES string of the molecule is CC(CNC(=O)/C=C/C(=O)O)N1CCCCC1. The predicted molar refractivity (Wildman–Crippen MR) is 64.7 cm³/mol. The number of piperidine rings is 1. The van der Waals surface area contributed by atoms with Crippen molar-refractivity contribution in [1.29, 1.82) is 0 Å². The number of hydrogen-bond acceptors (Lipinski definition) is 3. The molecular formula is C12H20N2O3. The Hall–Kier alpha value is -1.36. The molecule has 1 rings (SSSR count). The average molecular weight is 240 g/mol. The van der Waals surface area contributed by atoms with Gasteiger partial charge < -0.3 is 10.4 Å². The van der Waals surface area contributed by atoms with E-state index >= 15 is 0 Å². The Morgan fingerprint density at radius 2 is 1.94 bits per heavy atom. The monoisotopic (exact) mass is 240 g/mol. The van der Waals surface area contributed by atoms with Crippen LogP contribution in [0, 0.1) is 0 Å². The van der Waals surface area contributed by atoms with E-state index in [4.69, 9.17) is 5.11 Å². The highest BCUT2D eigenvalue weighted by Crippen LogP contribution is 2.11. The molecule has 96 valence electrons. The van der Waals surface area contributed by atoms with E-state index in [-0.39, 0.29) is 5.91 Å². The number of carboxylic acid groups (broad SMARTS) is 1. The summed E-state index contributed by atoms with van der Waals surface area (Å²) in [5.41, 5.74) is 0. The van der Waals surface area contributed by atoms with Gasteiger partial charge in [-0.05, 0) is 32.9 Å². The Labute approximate surface area is 101 Å². The number of carbonyl (C=O) groups is 2. The first-order chi connectivity index (χ1) is 8.09. The molecule has 1 atom stereocenters. The molecule has 0 aromatic heterocycles. The lowest BCUT2D eigenvalue weighted by atomic mass is 10.1. The molecule has 5 nitrogen and oxygen atoms in total. The van der Waals surface area contributed by atoms with Crippen LogP contribution in [0.2, 0.25) is 0 Å². The van der Waals surface area contributed by atoms with Gasteiger partial charge in [-0.2, -0.15) is 0 Å². The van der Waals surface area contributed by atoms with Gasteiger partial charge in [0.15, 0.2) is 0 Å². The summed E-state index contributed by atoms with van der Waals surface area (Å²) in [6.07, 6.45) is 5.62. The van der Waals surface area contributed by atoms with Gasteiger partial charge in [0.1, 0.15) is 0 Å². The Bertz CT molecular complexity index is 296. The molecule has 0 bridgehead atoms. The third-order valence-corrected chi connectivity index (χ3v) is 2.96. The number of nitrogens with one attached hydrogen (secondary N) is 1. The molecule has 17 heavy (non-hydrogen) atoms. The number of carboxylic acids is 1. The molecule has 0 radical (unpaired) electrons. The molecule has 1 heterocycles. The van der Waals surface area contributed by atoms with Gasteiger partial charge in [-0.3, -0.25) is 9.69 Å². The molecular weight excluding hydrogens is 220 g/mol. The number of amides is 1. The summed E-state index contributed by atoms with van der Waals surface area (Å²) in [6, 6.07) is 0.303. The van der Waals surface area contributed by atoms with Crippen molar-refractivity contribution in [2.45, 2.75) is 32.2 Å². The van der Waals surface area contributed by atoms with Crippen molar-refractivity contribution in [3.05, 3.63) is 12.2 Å². The fourth-order valence-electron chi connectivity index (χ4n) is 1.94. The predicted octanol–water partition coefficient (Wildman–Crippen LogP) is 0.618. The van der Waals surface area contributed by atoms with Crippen LogP contribution in [-0.2, 0) is 9.59 Å². The lowest BCUT2D eigenvalue weighted by Gasteiger charge is -2.32. The first-order valence-electron chi connectivity index (χ1n) is 6.02. The van der Waals surface area contributed by atoms with E-state index in [1.165, 1.54) is 19.3 Å². The zero-order valence-corrected chi connectivity index (χ0v) is 10.2. The third-order valence-electron chi connectivity index (χ3n) is 2.96. The maximum absolute atomic E-state index is 11.3. The number of aliphatic carboxylic acids is 1. The lowest BCUT2D eigenvalue weighted by molar-refractivity contribution is -0.131. The van der Waals surface area contributed by atoms with Gasteiger partial charge in [0.2, 0.25) is 5.91 Å². The minimum atomic E-state index is -1.11. The normalized spacial score (nSPS) is 19.1. The maximum atomic E-state index is 11.3. The van der Waals surface area contributed by atoms with E-state index in [1.807, 2.05) is 0 Å². The maximum Gasteiger partial charge on any atom is 0.328 e. The number of rotatable bonds is 5. The van der Waals surface area contributed by atoms with Crippen molar-refractivity contribution in [1.82, 2.24) is 10.2 Å². The van der Waals surface area contributed by atoms with Crippen LogP contribution >= 0.6 is 0 Å². The van der Waals surface area contributed by atoms with Crippen molar-refractivity contribution in [3.63, 3.8) is 0 Å². The minimum absolute atomic E-state index is 0.303. The van der Waals surface area contributed by atoms with Gasteiger partial charge >= 0.3 is 5.97 Å². The van der Waals surface area contributed by atoms with E-state index in [0.717, 1.165) is 25.2 Å². The lowest BCUT2D eigenvalue weighted by Crippen LogP contribution is -2.44. The average Bonchev–Trinajstić information content (AvgIpc) is 2.34. The highest BCUT2D eigenvalue weighted by Gasteiger charge is 2.16. The van der Waals surface area contributed by atoms with Crippen LogP contribution in [0.3, 0.4) is 0 Å². The molecule has 0 aliphatic carbocycles. The summed E-state index contributed by atoms with van der Waals surface area (Å²) in [6.45, 7) is 4.80. The van der Waals surface area contributed by atoms with Crippen LogP contribution in [0.25, 0.3) is 0 Å². The second-order valence-electron chi connectivity index (χ2n) is 4.36. The summed E-state index contributed by atoms with van der Waals surface area (Å²) in [7, 11) is 0. The van der Waals surface area contributed by atoms with Crippen LogP contribution in [0.5, 0.6) is 0 Å². The number of likely N-dealkylation sites (tertiary alicyclic amines) is 1. The van der Waals surface area contributed by atoms with Crippen molar-refractivity contribution in [3.8, 4) is 0 Å². The minimum Gasteiger partial charge on any atom is -0.478 e. The van der Waals surface area contributed by atoms with Gasteiger partial charge in [-0.15, -0.1) is 0 Å². The zero-order chi connectivity index (χ0) is 12.7. The Balaban J connectivity index is 2.24. The summed E-state index contributed by atoms with van der Waals surface area (Å²) in [4.78, 5) is 23.8. The van der Waals surface area contributed by atoms with E-state index in [2.05, 4.69) is 17.1 Å². The summed E-state index contributed by atoms with van der Waals surface area (Å²) < 4.78 is 0. The number of carbonyl (C=O) groups excluding carboxylic acids is 1. The number of hydrogen-bond donors (Lipinski definition) is 2. The summed E-state index contributed by atoms with van der Waals surface area (Å²) >= 11 is 0. The van der Waals surface area contributed by atoms with Gasteiger partial charge in [-0.25, -0.2) is 4.79 Å². The molecule has 5 heteroatoms. The molecule has 0 spiro atoms. The fraction of sp³-hybridized carbons (Fsp3) is 0.667. The van der Waals surface area contributed by atoms with E-state index in [0.29, 0.717) is 12.6 Å². The largest absolute Gasteiger partial charge is 0.478 e. The first kappa shape index (κ1) is 13.7. The Morgan fingerprint density at radius 1 is 1.29 bits per heavy atom. The first-order valence-corrected chi connectivity index (χ1v) is 6.02. The smallest absolute Gasteiger partial charge is 0.328 e. The molecule has 1 fully saturated rings. The van der Waals surface area contributed by atoms with Gasteiger partial charge in [0.05, 0.1) is 0 Å². The molecule has 1 aliphatic heterocycles. The van der Waals surface area contributed by atoms with Crippen molar-refractivity contribution < 1.29 is 14.7 Å². The van der Waals surface area contributed by atoms with Crippen LogP contribution in [0.15, 0.2) is 12.2 Å². The van der Waals surface area contributed by atoms with E-state index in [9.17, 15) is 9.59 Å². The highest BCUT2D eigenvalue weighted by atomic mass is 16.4. The molecule has 1 amide bonds. The van der Waals surface area contributed by atoms with E-state index < -0.39 is 5.97 Å². The summed E-state index contributed by atoms with van der Waals surface area (Å²) in [5, 5.41) is 11.1. The van der Waals surface area contributed by atoms with Gasteiger partial charge in [-0.1, -0.05) is 6.42 Å². The molecule has 0 aromatic rings.